The lowest BCUT2D eigenvalue weighted by Crippen LogP contribution is -2.01. The van der Waals surface area contributed by atoms with Crippen LogP contribution < -0.4 is 0 Å². The Hall–Kier alpha value is -8.34. The van der Waals surface area contributed by atoms with Crippen molar-refractivity contribution in [1.29, 1.82) is 0 Å². The van der Waals surface area contributed by atoms with E-state index in [4.69, 9.17) is 19.9 Å². The van der Waals surface area contributed by atoms with Crippen molar-refractivity contribution in [2.75, 3.05) is 0 Å². The van der Waals surface area contributed by atoms with Gasteiger partial charge in [-0.1, -0.05) is 188 Å². The van der Waals surface area contributed by atoms with Crippen molar-refractivity contribution in [2.45, 2.75) is 0 Å². The van der Waals surface area contributed by atoms with Crippen LogP contribution in [0, 0.1) is 0 Å². The quantitative estimate of drug-likeness (QED) is 0.158. The molecule has 2 aromatic heterocycles. The maximum atomic E-state index is 5.37. The smallest absolute Gasteiger partial charge is 0.164 e. The Morgan fingerprint density at radius 1 is 0.242 bits per heavy atom. The zero-order valence-corrected chi connectivity index (χ0v) is 33.6. The fraction of sp³-hybridized carbons (Fsp3) is 0. The molecule has 0 aliphatic carbocycles. The van der Waals surface area contributed by atoms with Crippen LogP contribution in [0.2, 0.25) is 0 Å². The highest BCUT2D eigenvalue weighted by Gasteiger charge is 2.20. The van der Waals surface area contributed by atoms with Gasteiger partial charge in [0.05, 0.1) is 11.2 Å². The lowest BCUT2D eigenvalue weighted by molar-refractivity contribution is 1.08. The minimum absolute atomic E-state index is 0.604. The average Bonchev–Trinajstić information content (AvgIpc) is 3.35. The molecule has 0 N–H and O–H groups in total. The summed E-state index contributed by atoms with van der Waals surface area (Å²) in [6.45, 7) is 0. The van der Waals surface area contributed by atoms with E-state index in [1.165, 1.54) is 10.8 Å². The lowest BCUT2D eigenvalue weighted by atomic mass is 9.88. The number of rotatable bonds is 6. The van der Waals surface area contributed by atoms with Crippen LogP contribution in [0.1, 0.15) is 0 Å². The van der Waals surface area contributed by atoms with E-state index in [0.717, 1.165) is 93.4 Å². The molecule has 12 rings (SSSR count). The Morgan fingerprint density at radius 2 is 0.726 bits per heavy atom. The predicted molar refractivity (Wildman–Crippen MR) is 258 cm³/mol. The third-order valence-corrected chi connectivity index (χ3v) is 12.1. The first-order chi connectivity index (χ1) is 30.7. The summed E-state index contributed by atoms with van der Waals surface area (Å²) in [5.41, 5.74) is 10.2. The van der Waals surface area contributed by atoms with E-state index in [-0.39, 0.29) is 0 Å². The Labute approximate surface area is 358 Å². The topological polar surface area (TPSA) is 51.6 Å². The van der Waals surface area contributed by atoms with Gasteiger partial charge in [-0.3, -0.25) is 0 Å². The van der Waals surface area contributed by atoms with E-state index in [1.54, 1.807) is 0 Å². The molecule has 0 atom stereocenters. The van der Waals surface area contributed by atoms with Gasteiger partial charge in [0.25, 0.3) is 0 Å². The Balaban J connectivity index is 1.16. The summed E-state index contributed by atoms with van der Waals surface area (Å²) in [6, 6.07) is 77.1. The highest BCUT2D eigenvalue weighted by Crippen LogP contribution is 2.43. The number of hydrogen-bond acceptors (Lipinski definition) is 4. The maximum absolute atomic E-state index is 5.37. The molecule has 0 unspecified atom stereocenters. The number of nitrogens with zero attached hydrogens (tertiary/aromatic N) is 4. The Bertz CT molecular complexity index is 3580. The minimum atomic E-state index is 0.604. The second-order valence-corrected chi connectivity index (χ2v) is 15.8. The van der Waals surface area contributed by atoms with Crippen LogP contribution in [0.3, 0.4) is 0 Å². The molecular weight excluding hydrogens is 753 g/mol. The molecule has 288 valence electrons. The summed E-state index contributed by atoms with van der Waals surface area (Å²) in [7, 11) is 0. The molecule has 0 bridgehead atoms. The number of para-hydroxylation sites is 1. The Kier molecular flexibility index (Phi) is 8.46. The molecule has 0 amide bonds. The van der Waals surface area contributed by atoms with Gasteiger partial charge in [-0.2, -0.15) is 0 Å². The van der Waals surface area contributed by atoms with E-state index >= 15 is 0 Å². The van der Waals surface area contributed by atoms with Gasteiger partial charge in [0.15, 0.2) is 17.5 Å². The van der Waals surface area contributed by atoms with E-state index in [9.17, 15) is 0 Å². The molecule has 0 aliphatic rings. The molecule has 0 fully saturated rings. The van der Waals surface area contributed by atoms with Gasteiger partial charge in [0.1, 0.15) is 0 Å². The highest BCUT2D eigenvalue weighted by molar-refractivity contribution is 6.25. The van der Waals surface area contributed by atoms with Crippen LogP contribution in [0.5, 0.6) is 0 Å². The van der Waals surface area contributed by atoms with Crippen LogP contribution in [-0.2, 0) is 0 Å². The summed E-state index contributed by atoms with van der Waals surface area (Å²) >= 11 is 0. The van der Waals surface area contributed by atoms with Crippen LogP contribution in [-0.4, -0.2) is 19.9 Å². The maximum Gasteiger partial charge on any atom is 0.164 e. The van der Waals surface area contributed by atoms with Crippen molar-refractivity contribution in [3.05, 3.63) is 218 Å². The van der Waals surface area contributed by atoms with Gasteiger partial charge in [-0.05, 0) is 84.9 Å². The predicted octanol–water partition coefficient (Wildman–Crippen LogP) is 15.0. The van der Waals surface area contributed by atoms with E-state index < -0.39 is 0 Å². The summed E-state index contributed by atoms with van der Waals surface area (Å²) in [4.78, 5) is 21.3. The molecule has 0 aliphatic heterocycles. The Morgan fingerprint density at radius 3 is 1.39 bits per heavy atom. The second kappa shape index (κ2) is 14.7. The fourth-order valence-corrected chi connectivity index (χ4v) is 9.17. The first-order valence-corrected chi connectivity index (χ1v) is 21.0. The zero-order chi connectivity index (χ0) is 41.0. The first kappa shape index (κ1) is 35.6. The summed E-state index contributed by atoms with van der Waals surface area (Å²) < 4.78 is 0. The highest BCUT2D eigenvalue weighted by atomic mass is 15.0. The fourth-order valence-electron chi connectivity index (χ4n) is 9.17. The first-order valence-electron chi connectivity index (χ1n) is 21.0. The number of hydrogen-bond donors (Lipinski definition) is 0. The lowest BCUT2D eigenvalue weighted by Gasteiger charge is -2.17. The zero-order valence-electron chi connectivity index (χ0n) is 33.6. The van der Waals surface area contributed by atoms with Gasteiger partial charge < -0.3 is 0 Å². The van der Waals surface area contributed by atoms with Crippen molar-refractivity contribution < 1.29 is 0 Å². The normalized spacial score (nSPS) is 11.5. The largest absolute Gasteiger partial charge is 0.247 e. The van der Waals surface area contributed by atoms with Crippen molar-refractivity contribution in [3.8, 4) is 67.7 Å². The van der Waals surface area contributed by atoms with E-state index in [2.05, 4.69) is 218 Å². The molecule has 62 heavy (non-hydrogen) atoms. The monoisotopic (exact) mass is 788 g/mol. The summed E-state index contributed by atoms with van der Waals surface area (Å²) in [6.07, 6.45) is 0. The number of fused-ring (bicyclic) bond motifs is 7. The molecule has 2 heterocycles. The van der Waals surface area contributed by atoms with Crippen LogP contribution in [0.4, 0.5) is 0 Å². The van der Waals surface area contributed by atoms with Crippen molar-refractivity contribution in [3.63, 3.8) is 0 Å². The van der Waals surface area contributed by atoms with E-state index in [1.807, 2.05) is 0 Å². The molecule has 12 aromatic rings. The van der Waals surface area contributed by atoms with Gasteiger partial charge in [0.2, 0.25) is 0 Å². The summed E-state index contributed by atoms with van der Waals surface area (Å²) in [5.74, 6) is 1.86. The molecule has 0 saturated carbocycles. The summed E-state index contributed by atoms with van der Waals surface area (Å²) in [5, 5.41) is 10.2. The molecule has 0 radical (unpaired) electrons. The molecule has 0 saturated heterocycles. The van der Waals surface area contributed by atoms with Crippen LogP contribution in [0.15, 0.2) is 218 Å². The molecule has 4 heteroatoms. The van der Waals surface area contributed by atoms with Gasteiger partial charge in [-0.15, -0.1) is 0 Å². The number of pyridine rings is 1. The third kappa shape index (κ3) is 6.08. The van der Waals surface area contributed by atoms with Crippen LogP contribution >= 0.6 is 0 Å². The molecule has 0 spiro atoms. The standard InChI is InChI=1S/C58H36N4/c1-3-17-37(18-4-1)41-33-42(51-36-52-54(47-28-12-11-27-46(47)51)50-29-13-14-32-53(50)59-55(52)40-21-5-2-6-22-40)35-43(34-41)56-60-57(48-30-15-23-38-19-7-9-25-44(38)48)62-58(61-56)49-31-16-24-39-20-8-10-26-45(39)49/h1-36H. The number of aromatic nitrogens is 4. The van der Waals surface area contributed by atoms with Crippen molar-refractivity contribution in [1.82, 2.24) is 19.9 Å². The van der Waals surface area contributed by atoms with Gasteiger partial charge in [-0.25, -0.2) is 19.9 Å². The van der Waals surface area contributed by atoms with Gasteiger partial charge >= 0.3 is 0 Å². The molecular formula is C58H36N4. The van der Waals surface area contributed by atoms with Crippen molar-refractivity contribution >= 4 is 54.0 Å². The average molecular weight is 789 g/mol. The SMILES string of the molecule is c1ccc(-c2cc(-c3nc(-c4cccc5ccccc45)nc(-c4cccc5ccccc45)n3)cc(-c3cc4c(-c5ccccc5)nc5ccccc5c4c4ccccc34)c2)cc1. The number of benzene rings is 10. The van der Waals surface area contributed by atoms with Crippen LogP contribution in [0.25, 0.3) is 122 Å². The van der Waals surface area contributed by atoms with Crippen molar-refractivity contribution in [2.24, 2.45) is 0 Å². The van der Waals surface area contributed by atoms with E-state index in [0.29, 0.717) is 17.5 Å². The van der Waals surface area contributed by atoms with Gasteiger partial charge in [0, 0.05) is 38.4 Å². The minimum Gasteiger partial charge on any atom is -0.247 e. The molecule has 10 aromatic carbocycles. The molecule has 4 nitrogen and oxygen atoms in total. The third-order valence-electron chi connectivity index (χ3n) is 12.1. The second-order valence-electron chi connectivity index (χ2n) is 15.8.